The van der Waals surface area contributed by atoms with E-state index in [1.165, 1.54) is 19.3 Å². The van der Waals surface area contributed by atoms with Crippen molar-refractivity contribution in [2.75, 3.05) is 7.05 Å². The molecule has 3 atom stereocenters. The zero-order valence-corrected chi connectivity index (χ0v) is 8.78. The van der Waals surface area contributed by atoms with Crippen molar-refractivity contribution >= 4 is 0 Å². The highest BCUT2D eigenvalue weighted by Gasteiger charge is 2.60. The van der Waals surface area contributed by atoms with Gasteiger partial charge in [-0.2, -0.15) is 0 Å². The number of hydrogen-bond donors (Lipinski definition) is 1. The second kappa shape index (κ2) is 2.25. The molecule has 1 heteroatoms. The molecule has 0 radical (unpaired) electrons. The first-order valence-corrected chi connectivity index (χ1v) is 5.19. The van der Waals surface area contributed by atoms with Gasteiger partial charge in [0.1, 0.15) is 0 Å². The first-order valence-electron chi connectivity index (χ1n) is 5.19. The van der Waals surface area contributed by atoms with E-state index in [0.717, 1.165) is 12.0 Å². The lowest BCUT2D eigenvalue weighted by molar-refractivity contribution is 0.125. The van der Waals surface area contributed by atoms with Gasteiger partial charge in [0.25, 0.3) is 0 Å². The van der Waals surface area contributed by atoms with Gasteiger partial charge in [-0.05, 0) is 43.1 Å². The van der Waals surface area contributed by atoms with E-state index in [1.807, 2.05) is 0 Å². The van der Waals surface area contributed by atoms with E-state index in [9.17, 15) is 0 Å². The maximum atomic E-state index is 3.49. The lowest BCUT2D eigenvalue weighted by Crippen LogP contribution is -2.42. The molecule has 1 nitrogen and oxygen atoms in total. The second-order valence-corrected chi connectivity index (χ2v) is 5.45. The summed E-state index contributed by atoms with van der Waals surface area (Å²) < 4.78 is 0. The molecular formula is C11H21N. The van der Waals surface area contributed by atoms with Crippen molar-refractivity contribution in [2.24, 2.45) is 16.7 Å². The van der Waals surface area contributed by atoms with E-state index in [2.05, 4.69) is 33.1 Å². The molecule has 0 amide bonds. The smallest absolute Gasteiger partial charge is 0.0126 e. The first-order chi connectivity index (χ1) is 5.52. The van der Waals surface area contributed by atoms with Crippen LogP contribution in [0.15, 0.2) is 0 Å². The molecule has 2 saturated carbocycles. The fraction of sp³-hybridized carbons (Fsp3) is 1.00. The first kappa shape index (κ1) is 8.55. The summed E-state index contributed by atoms with van der Waals surface area (Å²) in [6.45, 7) is 7.39. The highest BCUT2D eigenvalue weighted by Crippen LogP contribution is 2.65. The largest absolute Gasteiger partial charge is 0.316 e. The minimum absolute atomic E-state index is 0.562. The third-order valence-corrected chi connectivity index (χ3v) is 5.14. The predicted molar refractivity (Wildman–Crippen MR) is 52.1 cm³/mol. The van der Waals surface area contributed by atoms with Gasteiger partial charge in [-0.1, -0.05) is 20.8 Å². The monoisotopic (exact) mass is 167 g/mol. The summed E-state index contributed by atoms with van der Waals surface area (Å²) in [4.78, 5) is 0. The van der Waals surface area contributed by atoms with E-state index in [4.69, 9.17) is 0 Å². The highest BCUT2D eigenvalue weighted by molar-refractivity contribution is 5.12. The van der Waals surface area contributed by atoms with Crippen LogP contribution in [0.1, 0.15) is 40.0 Å². The highest BCUT2D eigenvalue weighted by atomic mass is 14.9. The van der Waals surface area contributed by atoms with Crippen molar-refractivity contribution in [1.29, 1.82) is 0 Å². The van der Waals surface area contributed by atoms with Crippen LogP contribution in [0.5, 0.6) is 0 Å². The molecule has 1 N–H and O–H groups in total. The molecule has 0 aromatic heterocycles. The maximum Gasteiger partial charge on any atom is 0.0126 e. The Morgan fingerprint density at radius 1 is 1.25 bits per heavy atom. The average molecular weight is 167 g/mol. The van der Waals surface area contributed by atoms with E-state index in [1.54, 1.807) is 0 Å². The topological polar surface area (TPSA) is 12.0 Å². The van der Waals surface area contributed by atoms with Crippen LogP contribution >= 0.6 is 0 Å². The fourth-order valence-electron chi connectivity index (χ4n) is 3.64. The molecule has 2 aliphatic carbocycles. The fourth-order valence-corrected chi connectivity index (χ4v) is 3.64. The van der Waals surface area contributed by atoms with Crippen molar-refractivity contribution in [1.82, 2.24) is 5.32 Å². The van der Waals surface area contributed by atoms with Gasteiger partial charge in [0.05, 0.1) is 0 Å². The quantitative estimate of drug-likeness (QED) is 0.632. The molecule has 12 heavy (non-hydrogen) atoms. The van der Waals surface area contributed by atoms with E-state index >= 15 is 0 Å². The van der Waals surface area contributed by atoms with E-state index < -0.39 is 0 Å². The second-order valence-electron chi connectivity index (χ2n) is 5.45. The Morgan fingerprint density at radius 2 is 1.92 bits per heavy atom. The van der Waals surface area contributed by atoms with Crippen LogP contribution in [-0.4, -0.2) is 13.1 Å². The minimum Gasteiger partial charge on any atom is -0.316 e. The SMILES string of the molecule is CN[C@@H]1C[C@@H]2CC[C@@]1(C)C2(C)C. The molecule has 0 unspecified atom stereocenters. The zero-order valence-electron chi connectivity index (χ0n) is 8.78. The van der Waals surface area contributed by atoms with Crippen molar-refractivity contribution in [3.8, 4) is 0 Å². The van der Waals surface area contributed by atoms with Gasteiger partial charge in [0.15, 0.2) is 0 Å². The van der Waals surface area contributed by atoms with Crippen molar-refractivity contribution in [2.45, 2.75) is 46.1 Å². The Kier molecular flexibility index (Phi) is 1.61. The van der Waals surface area contributed by atoms with Gasteiger partial charge >= 0.3 is 0 Å². The van der Waals surface area contributed by atoms with Gasteiger partial charge < -0.3 is 5.32 Å². The predicted octanol–water partition coefficient (Wildman–Crippen LogP) is 2.42. The maximum absolute atomic E-state index is 3.49. The summed E-state index contributed by atoms with van der Waals surface area (Å²) >= 11 is 0. The summed E-state index contributed by atoms with van der Waals surface area (Å²) in [6.07, 6.45) is 4.29. The normalized spacial score (nSPS) is 50.0. The van der Waals surface area contributed by atoms with Crippen LogP contribution in [-0.2, 0) is 0 Å². The van der Waals surface area contributed by atoms with Gasteiger partial charge in [-0.3, -0.25) is 0 Å². The van der Waals surface area contributed by atoms with Crippen LogP contribution in [0.2, 0.25) is 0 Å². The third-order valence-electron chi connectivity index (χ3n) is 5.14. The number of hydrogen-bond acceptors (Lipinski definition) is 1. The zero-order chi connectivity index (χ0) is 8.98. The molecule has 2 aliphatic rings. The summed E-state index contributed by atoms with van der Waals surface area (Å²) in [6, 6.07) is 0.770. The molecular weight excluding hydrogens is 146 g/mol. The summed E-state index contributed by atoms with van der Waals surface area (Å²) in [7, 11) is 2.12. The molecule has 2 fully saturated rings. The minimum atomic E-state index is 0.562. The average Bonchev–Trinajstić information content (AvgIpc) is 2.34. The molecule has 0 aromatic carbocycles. The lowest BCUT2D eigenvalue weighted by Gasteiger charge is -2.39. The van der Waals surface area contributed by atoms with Gasteiger partial charge in [0.2, 0.25) is 0 Å². The third kappa shape index (κ3) is 0.736. The van der Waals surface area contributed by atoms with Crippen molar-refractivity contribution < 1.29 is 0 Å². The van der Waals surface area contributed by atoms with Gasteiger partial charge in [-0.15, -0.1) is 0 Å². The molecule has 2 bridgehead atoms. The summed E-state index contributed by atoms with van der Waals surface area (Å²) in [5.41, 5.74) is 1.13. The van der Waals surface area contributed by atoms with E-state index in [-0.39, 0.29) is 0 Å². The van der Waals surface area contributed by atoms with E-state index in [0.29, 0.717) is 10.8 Å². The van der Waals surface area contributed by atoms with Crippen LogP contribution in [0.3, 0.4) is 0 Å². The molecule has 0 aromatic rings. The Bertz CT molecular complexity index is 197. The molecule has 0 saturated heterocycles. The van der Waals surface area contributed by atoms with Crippen LogP contribution in [0.4, 0.5) is 0 Å². The van der Waals surface area contributed by atoms with Crippen molar-refractivity contribution in [3.05, 3.63) is 0 Å². The Morgan fingerprint density at radius 3 is 2.17 bits per heavy atom. The standard InChI is InChI=1S/C11H21N/c1-10(2)8-5-6-11(10,3)9(7-8)12-4/h8-9,12H,5-7H2,1-4H3/t8-,9+,11+/m0/s1. The van der Waals surface area contributed by atoms with Crippen LogP contribution in [0.25, 0.3) is 0 Å². The lowest BCUT2D eigenvalue weighted by atomic mass is 9.69. The van der Waals surface area contributed by atoms with Crippen LogP contribution in [0, 0.1) is 16.7 Å². The Balaban J connectivity index is 2.33. The molecule has 70 valence electrons. The Labute approximate surface area is 75.9 Å². The molecule has 0 aliphatic heterocycles. The van der Waals surface area contributed by atoms with Crippen LogP contribution < -0.4 is 5.32 Å². The van der Waals surface area contributed by atoms with Gasteiger partial charge in [0, 0.05) is 6.04 Å². The number of fused-ring (bicyclic) bond motifs is 2. The summed E-state index contributed by atoms with van der Waals surface area (Å²) in [5.74, 6) is 0.972. The van der Waals surface area contributed by atoms with Gasteiger partial charge in [-0.25, -0.2) is 0 Å². The molecule has 0 spiro atoms. The summed E-state index contributed by atoms with van der Waals surface area (Å²) in [5, 5.41) is 3.49. The molecule has 0 heterocycles. The molecule has 2 rings (SSSR count). The Hall–Kier alpha value is -0.0400. The van der Waals surface area contributed by atoms with Crippen molar-refractivity contribution in [3.63, 3.8) is 0 Å². The number of nitrogens with one attached hydrogen (secondary N) is 1. The number of rotatable bonds is 1.